The smallest absolute Gasteiger partial charge is 0.416 e. The van der Waals surface area contributed by atoms with Gasteiger partial charge >= 0.3 is 12.1 Å². The first-order chi connectivity index (χ1) is 16.3. The number of morpholine rings is 1. The highest BCUT2D eigenvalue weighted by Gasteiger charge is 2.32. The van der Waals surface area contributed by atoms with Crippen LogP contribution in [0.5, 0.6) is 11.5 Å². The lowest BCUT2D eigenvalue weighted by Gasteiger charge is -2.31. The number of ether oxygens (including phenoxy) is 4. The minimum Gasteiger partial charge on any atom is -0.490 e. The summed E-state index contributed by atoms with van der Waals surface area (Å²) in [6, 6.07) is 9.87. The van der Waals surface area contributed by atoms with Crippen LogP contribution in [0.3, 0.4) is 0 Å². The molecule has 0 radical (unpaired) electrons. The van der Waals surface area contributed by atoms with Gasteiger partial charge in [-0.3, -0.25) is 4.79 Å². The molecule has 0 unspecified atom stereocenters. The van der Waals surface area contributed by atoms with Crippen LogP contribution in [0.1, 0.15) is 12.5 Å². The zero-order chi connectivity index (χ0) is 24.6. The highest BCUT2D eigenvalue weighted by Crippen LogP contribution is 2.35. The van der Waals surface area contributed by atoms with Crippen molar-refractivity contribution in [1.82, 2.24) is 0 Å². The molecule has 3 rings (SSSR count). The maximum Gasteiger partial charge on any atom is 0.416 e. The van der Waals surface area contributed by atoms with E-state index in [9.17, 15) is 22.8 Å². The summed E-state index contributed by atoms with van der Waals surface area (Å²) in [7, 11) is 0. The highest BCUT2D eigenvalue weighted by atomic mass is 19.4. The van der Waals surface area contributed by atoms with E-state index in [0.29, 0.717) is 50.1 Å². The number of alkyl halides is 3. The van der Waals surface area contributed by atoms with Gasteiger partial charge in [0.2, 0.25) is 0 Å². The molecule has 0 saturated carbocycles. The zero-order valence-corrected chi connectivity index (χ0v) is 18.5. The number of rotatable bonds is 9. The first-order valence-corrected chi connectivity index (χ1v) is 10.6. The van der Waals surface area contributed by atoms with Crippen molar-refractivity contribution in [3.63, 3.8) is 0 Å². The number of anilines is 2. The molecular formula is C23H25F3N2O6. The Morgan fingerprint density at radius 2 is 1.71 bits per heavy atom. The van der Waals surface area contributed by atoms with Gasteiger partial charge in [-0.15, -0.1) is 0 Å². The number of carbonyl (C=O) groups is 2. The summed E-state index contributed by atoms with van der Waals surface area (Å²) in [5.41, 5.74) is -0.510. The first-order valence-electron chi connectivity index (χ1n) is 10.6. The number of amides is 1. The summed E-state index contributed by atoms with van der Waals surface area (Å²) in [6.45, 7) is 2.81. The molecule has 0 aromatic heterocycles. The normalized spacial score (nSPS) is 13.8. The quantitative estimate of drug-likeness (QED) is 0.548. The van der Waals surface area contributed by atoms with Crippen molar-refractivity contribution in [2.75, 3.05) is 56.3 Å². The summed E-state index contributed by atoms with van der Waals surface area (Å²) >= 11 is 0. The number of nitrogens with one attached hydrogen (secondary N) is 1. The third-order valence-electron chi connectivity index (χ3n) is 4.81. The molecule has 2 aromatic rings. The van der Waals surface area contributed by atoms with Crippen molar-refractivity contribution < 1.29 is 41.7 Å². The standard InChI is InChI=1S/C23H25F3N2O6/c1-2-32-19-5-3-4-6-20(19)33-15-22(30)34-14-21(29)27-17-13-16(23(24,25)26)7-8-18(17)28-9-11-31-12-10-28/h3-8,13H,2,9-12,14-15H2,1H3,(H,27,29). The topological polar surface area (TPSA) is 86.3 Å². The monoisotopic (exact) mass is 482 g/mol. The van der Waals surface area contributed by atoms with Gasteiger partial charge in [0.25, 0.3) is 5.91 Å². The second-order valence-electron chi connectivity index (χ2n) is 7.21. The molecule has 8 nitrogen and oxygen atoms in total. The molecule has 11 heteroatoms. The van der Waals surface area contributed by atoms with Gasteiger partial charge < -0.3 is 29.2 Å². The highest BCUT2D eigenvalue weighted by molar-refractivity contribution is 5.96. The van der Waals surface area contributed by atoms with Crippen LogP contribution in [0.25, 0.3) is 0 Å². The molecule has 1 fully saturated rings. The van der Waals surface area contributed by atoms with E-state index < -0.39 is 36.8 Å². The molecule has 1 saturated heterocycles. The Balaban J connectivity index is 1.59. The van der Waals surface area contributed by atoms with Crippen LogP contribution >= 0.6 is 0 Å². The molecule has 0 aliphatic carbocycles. The lowest BCUT2D eigenvalue weighted by atomic mass is 10.1. The van der Waals surface area contributed by atoms with Crippen LogP contribution in [0.2, 0.25) is 0 Å². The summed E-state index contributed by atoms with van der Waals surface area (Å²) in [5.74, 6) is -0.809. The molecule has 1 heterocycles. The van der Waals surface area contributed by atoms with Crippen LogP contribution in [-0.2, 0) is 25.2 Å². The number of para-hydroxylation sites is 2. The number of esters is 1. The van der Waals surface area contributed by atoms with Gasteiger partial charge in [-0.05, 0) is 37.3 Å². The Bertz CT molecular complexity index is 993. The maximum atomic E-state index is 13.2. The van der Waals surface area contributed by atoms with Gasteiger partial charge in [-0.1, -0.05) is 12.1 Å². The SMILES string of the molecule is CCOc1ccccc1OCC(=O)OCC(=O)Nc1cc(C(F)(F)F)ccc1N1CCOCC1. The average Bonchev–Trinajstić information content (AvgIpc) is 2.82. The van der Waals surface area contributed by atoms with E-state index in [4.69, 9.17) is 18.9 Å². The van der Waals surface area contributed by atoms with Crippen LogP contribution in [0, 0.1) is 0 Å². The van der Waals surface area contributed by atoms with Crippen molar-refractivity contribution >= 4 is 23.3 Å². The fourth-order valence-electron chi connectivity index (χ4n) is 3.25. The molecule has 1 N–H and O–H groups in total. The molecule has 0 bridgehead atoms. The minimum atomic E-state index is -4.58. The Morgan fingerprint density at radius 3 is 2.35 bits per heavy atom. The predicted octanol–water partition coefficient (Wildman–Crippen LogP) is 3.50. The summed E-state index contributed by atoms with van der Waals surface area (Å²) in [5, 5.41) is 2.42. The lowest BCUT2D eigenvalue weighted by molar-refractivity contribution is -0.149. The number of nitrogens with zero attached hydrogens (tertiary/aromatic N) is 1. The lowest BCUT2D eigenvalue weighted by Crippen LogP contribution is -2.37. The second kappa shape index (κ2) is 11.6. The van der Waals surface area contributed by atoms with Gasteiger partial charge in [-0.2, -0.15) is 13.2 Å². The van der Waals surface area contributed by atoms with E-state index in [0.717, 1.165) is 12.1 Å². The summed E-state index contributed by atoms with van der Waals surface area (Å²) in [4.78, 5) is 26.2. The van der Waals surface area contributed by atoms with Crippen molar-refractivity contribution in [2.45, 2.75) is 13.1 Å². The number of benzene rings is 2. The molecule has 2 aromatic carbocycles. The molecule has 184 valence electrons. The second-order valence-corrected chi connectivity index (χ2v) is 7.21. The molecule has 0 spiro atoms. The number of hydrogen-bond acceptors (Lipinski definition) is 7. The molecular weight excluding hydrogens is 457 g/mol. The molecule has 0 atom stereocenters. The average molecular weight is 482 g/mol. The van der Waals surface area contributed by atoms with Crippen LogP contribution in [-0.4, -0.2) is 58.0 Å². The molecule has 1 aliphatic heterocycles. The number of carbonyl (C=O) groups excluding carboxylic acids is 2. The van der Waals surface area contributed by atoms with Crippen LogP contribution in [0.15, 0.2) is 42.5 Å². The van der Waals surface area contributed by atoms with E-state index in [2.05, 4.69) is 5.32 Å². The van der Waals surface area contributed by atoms with Crippen molar-refractivity contribution in [3.05, 3.63) is 48.0 Å². The minimum absolute atomic E-state index is 0.0281. The van der Waals surface area contributed by atoms with E-state index in [1.54, 1.807) is 31.2 Å². The Morgan fingerprint density at radius 1 is 1.03 bits per heavy atom. The zero-order valence-electron chi connectivity index (χ0n) is 18.5. The largest absolute Gasteiger partial charge is 0.490 e. The van der Waals surface area contributed by atoms with Crippen molar-refractivity contribution in [1.29, 1.82) is 0 Å². The Labute approximate surface area is 194 Å². The maximum absolute atomic E-state index is 13.2. The van der Waals surface area contributed by atoms with E-state index in [1.807, 2.05) is 4.90 Å². The van der Waals surface area contributed by atoms with Crippen LogP contribution in [0.4, 0.5) is 24.5 Å². The molecule has 1 aliphatic rings. The van der Waals surface area contributed by atoms with Crippen molar-refractivity contribution in [3.8, 4) is 11.5 Å². The van der Waals surface area contributed by atoms with Gasteiger partial charge in [-0.25, -0.2) is 4.79 Å². The third kappa shape index (κ3) is 7.01. The Hall–Kier alpha value is -3.47. The number of halogens is 3. The van der Waals surface area contributed by atoms with E-state index in [1.165, 1.54) is 6.07 Å². The van der Waals surface area contributed by atoms with E-state index >= 15 is 0 Å². The number of hydrogen-bond donors (Lipinski definition) is 1. The van der Waals surface area contributed by atoms with Gasteiger partial charge in [0.15, 0.2) is 24.7 Å². The summed E-state index contributed by atoms with van der Waals surface area (Å²) < 4.78 is 60.5. The van der Waals surface area contributed by atoms with Gasteiger partial charge in [0.05, 0.1) is 36.8 Å². The van der Waals surface area contributed by atoms with Gasteiger partial charge in [0, 0.05) is 13.1 Å². The van der Waals surface area contributed by atoms with Gasteiger partial charge in [0.1, 0.15) is 0 Å². The fourth-order valence-corrected chi connectivity index (χ4v) is 3.25. The summed E-state index contributed by atoms with van der Waals surface area (Å²) in [6.07, 6.45) is -4.58. The van der Waals surface area contributed by atoms with Crippen molar-refractivity contribution in [2.24, 2.45) is 0 Å². The molecule has 34 heavy (non-hydrogen) atoms. The predicted molar refractivity (Wildman–Crippen MR) is 117 cm³/mol. The Kier molecular flexibility index (Phi) is 8.58. The molecule has 1 amide bonds. The van der Waals surface area contributed by atoms with E-state index in [-0.39, 0.29) is 5.69 Å². The first kappa shape index (κ1) is 25.2. The van der Waals surface area contributed by atoms with Crippen LogP contribution < -0.4 is 19.7 Å². The fraction of sp³-hybridized carbons (Fsp3) is 0.391. The third-order valence-corrected chi connectivity index (χ3v) is 4.81.